The van der Waals surface area contributed by atoms with Crippen molar-refractivity contribution in [2.24, 2.45) is 0 Å². The Morgan fingerprint density at radius 2 is 1.52 bits per heavy atom. The smallest absolute Gasteiger partial charge is 0.427 e. The molecule has 0 amide bonds. The van der Waals surface area contributed by atoms with Gasteiger partial charge in [0.25, 0.3) is 0 Å². The molecular weight excluding hydrogens is 314 g/mol. The molecule has 137 valence electrons. The largest absolute Gasteiger partial charge is 0.494 e. The van der Waals surface area contributed by atoms with Crippen LogP contribution in [0.15, 0.2) is 18.2 Å². The first-order valence-corrected chi connectivity index (χ1v) is 8.85. The molecule has 0 atom stereocenters. The van der Waals surface area contributed by atoms with Gasteiger partial charge in [0.15, 0.2) is 0 Å². The maximum atomic E-state index is 10.2. The fraction of sp³-hybridized carbons (Fsp3) is 0.684. The predicted octanol–water partition coefficient (Wildman–Crippen LogP) is 2.10. The second-order valence-electron chi connectivity index (χ2n) is 9.07. The maximum Gasteiger partial charge on any atom is 0.494 e. The standard InChI is InChI=1S/C19H31B2O4/c1-13-10-14(20-23-17(4,5)16(2,3)22)12-15(11-13)21-24-18(6,7)19(8,9)25-21/h10-12,22H,1-9H3. The molecule has 1 saturated heterocycles. The zero-order valence-electron chi connectivity index (χ0n) is 17.1. The molecule has 1 aromatic carbocycles. The molecule has 0 aliphatic carbocycles. The summed E-state index contributed by atoms with van der Waals surface area (Å²) in [6, 6.07) is 6.12. The van der Waals surface area contributed by atoms with Gasteiger partial charge in [0.2, 0.25) is 0 Å². The molecule has 1 aromatic rings. The van der Waals surface area contributed by atoms with Crippen LogP contribution in [0.25, 0.3) is 0 Å². The van der Waals surface area contributed by atoms with Gasteiger partial charge in [-0.1, -0.05) is 29.2 Å². The van der Waals surface area contributed by atoms with E-state index in [0.717, 1.165) is 16.5 Å². The highest BCUT2D eigenvalue weighted by Gasteiger charge is 2.51. The van der Waals surface area contributed by atoms with Crippen molar-refractivity contribution in [2.75, 3.05) is 0 Å². The average Bonchev–Trinajstić information content (AvgIpc) is 2.63. The van der Waals surface area contributed by atoms with Crippen LogP contribution in [0, 0.1) is 6.92 Å². The van der Waals surface area contributed by atoms with Crippen molar-refractivity contribution in [2.45, 2.75) is 84.7 Å². The molecule has 0 bridgehead atoms. The van der Waals surface area contributed by atoms with E-state index in [1.165, 1.54) is 0 Å². The van der Waals surface area contributed by atoms with Crippen LogP contribution in [-0.2, 0) is 14.0 Å². The number of aryl methyl sites for hydroxylation is 1. The van der Waals surface area contributed by atoms with Crippen LogP contribution in [0.4, 0.5) is 0 Å². The fourth-order valence-corrected chi connectivity index (χ4v) is 2.39. The molecule has 1 fully saturated rings. The minimum Gasteiger partial charge on any atom is -0.427 e. The van der Waals surface area contributed by atoms with Gasteiger partial charge >= 0.3 is 14.6 Å². The molecule has 6 heteroatoms. The van der Waals surface area contributed by atoms with E-state index in [-0.39, 0.29) is 11.2 Å². The number of hydrogen-bond acceptors (Lipinski definition) is 4. The zero-order chi connectivity index (χ0) is 19.3. The third-order valence-corrected chi connectivity index (χ3v) is 5.61. The summed E-state index contributed by atoms with van der Waals surface area (Å²) in [5, 5.41) is 10.2. The molecule has 1 aliphatic rings. The van der Waals surface area contributed by atoms with E-state index in [2.05, 4.69) is 6.07 Å². The number of hydrogen-bond donors (Lipinski definition) is 1. The second-order valence-corrected chi connectivity index (χ2v) is 9.07. The number of aliphatic hydroxyl groups is 1. The van der Waals surface area contributed by atoms with Crippen LogP contribution in [0.3, 0.4) is 0 Å². The fourth-order valence-electron chi connectivity index (χ4n) is 2.39. The van der Waals surface area contributed by atoms with Crippen molar-refractivity contribution in [3.63, 3.8) is 0 Å². The van der Waals surface area contributed by atoms with Crippen molar-refractivity contribution in [3.8, 4) is 0 Å². The van der Waals surface area contributed by atoms with E-state index in [9.17, 15) is 5.11 Å². The summed E-state index contributed by atoms with van der Waals surface area (Å²) in [7, 11) is 1.29. The highest BCUT2D eigenvalue weighted by Crippen LogP contribution is 2.36. The van der Waals surface area contributed by atoms with Gasteiger partial charge in [0, 0.05) is 0 Å². The Kier molecular flexibility index (Phi) is 5.26. The van der Waals surface area contributed by atoms with E-state index < -0.39 is 18.3 Å². The number of benzene rings is 1. The van der Waals surface area contributed by atoms with Crippen LogP contribution >= 0.6 is 0 Å². The van der Waals surface area contributed by atoms with Crippen LogP contribution in [0.2, 0.25) is 0 Å². The Balaban J connectivity index is 2.19. The molecule has 1 heterocycles. The van der Waals surface area contributed by atoms with Gasteiger partial charge in [0.05, 0.1) is 22.4 Å². The van der Waals surface area contributed by atoms with Crippen LogP contribution in [-0.4, -0.2) is 42.1 Å². The summed E-state index contributed by atoms with van der Waals surface area (Å²) in [5.41, 5.74) is 0.582. The van der Waals surface area contributed by atoms with E-state index in [4.69, 9.17) is 14.0 Å². The summed E-state index contributed by atoms with van der Waals surface area (Å²) in [6.07, 6.45) is 0. The Labute approximate surface area is 153 Å². The van der Waals surface area contributed by atoms with Gasteiger partial charge in [-0.25, -0.2) is 0 Å². The van der Waals surface area contributed by atoms with Crippen molar-refractivity contribution >= 4 is 25.5 Å². The van der Waals surface area contributed by atoms with Crippen molar-refractivity contribution in [1.29, 1.82) is 0 Å². The summed E-state index contributed by atoms with van der Waals surface area (Å²) >= 11 is 0. The summed E-state index contributed by atoms with van der Waals surface area (Å²) in [6.45, 7) is 17.4. The first kappa shape index (κ1) is 20.5. The Hall–Kier alpha value is -0.810. The third kappa shape index (κ3) is 4.30. The average molecular weight is 345 g/mol. The van der Waals surface area contributed by atoms with Gasteiger partial charge < -0.3 is 19.1 Å². The van der Waals surface area contributed by atoms with Gasteiger partial charge in [-0.15, -0.1) is 0 Å². The lowest BCUT2D eigenvalue weighted by Gasteiger charge is -2.37. The molecule has 0 spiro atoms. The first-order chi connectivity index (χ1) is 11.1. The first-order valence-electron chi connectivity index (χ1n) is 8.85. The van der Waals surface area contributed by atoms with Gasteiger partial charge in [-0.3, -0.25) is 0 Å². The van der Waals surface area contributed by atoms with Gasteiger partial charge in [0.1, 0.15) is 0 Å². The van der Waals surface area contributed by atoms with E-state index >= 15 is 0 Å². The highest BCUT2D eigenvalue weighted by molar-refractivity contribution is 6.63. The minimum absolute atomic E-state index is 0.370. The second kappa shape index (κ2) is 6.41. The minimum atomic E-state index is -0.956. The lowest BCUT2D eigenvalue weighted by molar-refractivity contribution is -0.0893. The summed E-state index contributed by atoms with van der Waals surface area (Å²) < 4.78 is 18.2. The molecule has 2 rings (SSSR count). The van der Waals surface area contributed by atoms with Gasteiger partial charge in [-0.2, -0.15) is 0 Å². The van der Waals surface area contributed by atoms with E-state index in [1.807, 2.05) is 60.6 Å². The van der Waals surface area contributed by atoms with Crippen molar-refractivity contribution in [3.05, 3.63) is 23.8 Å². The molecule has 4 nitrogen and oxygen atoms in total. The number of rotatable bonds is 5. The molecule has 0 aromatic heterocycles. The monoisotopic (exact) mass is 345 g/mol. The Morgan fingerprint density at radius 3 is 2.00 bits per heavy atom. The third-order valence-electron chi connectivity index (χ3n) is 5.61. The summed E-state index contributed by atoms with van der Waals surface area (Å²) in [4.78, 5) is 0. The highest BCUT2D eigenvalue weighted by atomic mass is 16.7. The molecule has 1 radical (unpaired) electrons. The molecule has 0 unspecified atom stereocenters. The van der Waals surface area contributed by atoms with Crippen LogP contribution < -0.4 is 10.9 Å². The normalized spacial score (nSPS) is 20.0. The topological polar surface area (TPSA) is 47.9 Å². The van der Waals surface area contributed by atoms with E-state index in [1.54, 1.807) is 21.3 Å². The summed E-state index contributed by atoms with van der Waals surface area (Å²) in [5.74, 6) is 0. The lowest BCUT2D eigenvalue weighted by Crippen LogP contribution is -2.49. The SMILES string of the molecule is Cc1cc([B]OC(C)(C)C(C)(C)O)cc(B2OC(C)(C)C(C)(C)O2)c1. The van der Waals surface area contributed by atoms with Crippen LogP contribution in [0.1, 0.15) is 61.0 Å². The maximum absolute atomic E-state index is 10.2. The van der Waals surface area contributed by atoms with Crippen LogP contribution in [0.5, 0.6) is 0 Å². The zero-order valence-corrected chi connectivity index (χ0v) is 17.1. The predicted molar refractivity (Wildman–Crippen MR) is 104 cm³/mol. The molecule has 1 aliphatic heterocycles. The lowest BCUT2D eigenvalue weighted by atomic mass is 9.73. The quantitative estimate of drug-likeness (QED) is 0.831. The van der Waals surface area contributed by atoms with Crippen molar-refractivity contribution < 1.29 is 19.1 Å². The van der Waals surface area contributed by atoms with E-state index in [0.29, 0.717) is 0 Å². The Morgan fingerprint density at radius 1 is 1.00 bits per heavy atom. The molecule has 1 N–H and O–H groups in total. The van der Waals surface area contributed by atoms with Gasteiger partial charge in [-0.05, 0) is 67.8 Å². The molecule has 0 saturated carbocycles. The van der Waals surface area contributed by atoms with Crippen molar-refractivity contribution in [1.82, 2.24) is 0 Å². The Bertz CT molecular complexity index is 617. The molecular formula is C19H31B2O4. The molecule has 25 heavy (non-hydrogen) atoms.